The van der Waals surface area contributed by atoms with E-state index in [2.05, 4.69) is 20.9 Å². The molecular weight excluding hydrogens is 285 g/mol. The van der Waals surface area contributed by atoms with E-state index < -0.39 is 11.0 Å². The predicted molar refractivity (Wildman–Crippen MR) is 57.6 cm³/mol. The Bertz CT molecular complexity index is 373. The van der Waals surface area contributed by atoms with Crippen molar-refractivity contribution in [2.45, 2.75) is 43.2 Å². The molecule has 1 unspecified atom stereocenters. The van der Waals surface area contributed by atoms with Crippen LogP contribution in [0, 0.1) is 0 Å². The number of halogens is 4. The molecule has 1 heterocycles. The van der Waals surface area contributed by atoms with Crippen molar-refractivity contribution >= 4 is 15.9 Å². The third-order valence-electron chi connectivity index (χ3n) is 2.82. The second-order valence-electron chi connectivity index (χ2n) is 4.01. The Balaban J connectivity index is 2.13. The predicted octanol–water partition coefficient (Wildman–Crippen LogP) is 3.09. The van der Waals surface area contributed by atoms with E-state index in [1.54, 1.807) is 4.57 Å². The van der Waals surface area contributed by atoms with Gasteiger partial charge in [0.25, 0.3) is 0 Å². The number of alkyl halides is 4. The smallest absolute Gasteiger partial charge is 0.333 e. The van der Waals surface area contributed by atoms with Crippen LogP contribution >= 0.6 is 15.9 Å². The van der Waals surface area contributed by atoms with E-state index >= 15 is 0 Å². The van der Waals surface area contributed by atoms with Crippen molar-refractivity contribution in [3.05, 3.63) is 17.7 Å². The third-order valence-corrected chi connectivity index (χ3v) is 3.63. The molecule has 0 saturated heterocycles. The van der Waals surface area contributed by atoms with Crippen LogP contribution in [0.3, 0.4) is 0 Å². The molecule has 1 atom stereocenters. The van der Waals surface area contributed by atoms with Crippen LogP contribution in [0.25, 0.3) is 0 Å². The Kier molecular flexibility index (Phi) is 3.28. The molecule has 1 aliphatic rings. The maximum absolute atomic E-state index is 12.4. The van der Waals surface area contributed by atoms with Crippen LogP contribution < -0.4 is 0 Å². The van der Waals surface area contributed by atoms with Gasteiger partial charge in [-0.05, 0) is 25.7 Å². The van der Waals surface area contributed by atoms with Crippen molar-refractivity contribution in [1.29, 1.82) is 0 Å². The Morgan fingerprint density at radius 3 is 2.75 bits per heavy atom. The molecule has 2 nitrogen and oxygen atoms in total. The average molecular weight is 297 g/mol. The highest BCUT2D eigenvalue weighted by molar-refractivity contribution is 9.09. The van der Waals surface area contributed by atoms with Gasteiger partial charge >= 0.3 is 6.18 Å². The van der Waals surface area contributed by atoms with E-state index in [0.717, 1.165) is 37.1 Å². The summed E-state index contributed by atoms with van der Waals surface area (Å²) in [6, 6.07) is 0. The lowest BCUT2D eigenvalue weighted by atomic mass is 10.0. The summed E-state index contributed by atoms with van der Waals surface area (Å²) in [6.07, 6.45) is 1.18. The van der Waals surface area contributed by atoms with E-state index in [9.17, 15) is 13.2 Å². The maximum atomic E-state index is 12.4. The summed E-state index contributed by atoms with van der Waals surface area (Å²) < 4.78 is 38.8. The summed E-state index contributed by atoms with van der Waals surface area (Å²) in [6.45, 7) is -0.0914. The summed E-state index contributed by atoms with van der Waals surface area (Å²) in [4.78, 5) is 2.67. The van der Waals surface area contributed by atoms with Gasteiger partial charge in [-0.15, -0.1) is 0 Å². The van der Waals surface area contributed by atoms with Crippen molar-refractivity contribution in [2.75, 3.05) is 0 Å². The van der Waals surface area contributed by atoms with Crippen molar-refractivity contribution in [3.8, 4) is 0 Å². The fourth-order valence-electron chi connectivity index (χ4n) is 1.96. The molecule has 0 amide bonds. The lowest BCUT2D eigenvalue weighted by Gasteiger charge is -2.18. The first-order chi connectivity index (χ1) is 7.48. The zero-order chi connectivity index (χ0) is 11.8. The van der Waals surface area contributed by atoms with Gasteiger partial charge in [0.1, 0.15) is 4.83 Å². The third kappa shape index (κ3) is 2.42. The molecule has 90 valence electrons. The Morgan fingerprint density at radius 2 is 2.06 bits per heavy atom. The van der Waals surface area contributed by atoms with Crippen LogP contribution in [0.15, 0.2) is 6.33 Å². The molecule has 0 radical (unpaired) electrons. The molecule has 16 heavy (non-hydrogen) atoms. The van der Waals surface area contributed by atoms with Crippen molar-refractivity contribution < 1.29 is 13.2 Å². The molecule has 1 aliphatic carbocycles. The maximum Gasteiger partial charge on any atom is 0.402 e. The van der Waals surface area contributed by atoms with E-state index in [1.807, 2.05) is 0 Å². The molecular formula is C10H12BrF3N2. The molecule has 1 aromatic rings. The standard InChI is InChI=1S/C10H12BrF3N2/c11-9(10(12,13)14)5-16-6-15-7-3-1-2-4-8(7)16/h6,9H,1-5H2. The van der Waals surface area contributed by atoms with Crippen LogP contribution in [-0.4, -0.2) is 20.6 Å². The van der Waals surface area contributed by atoms with Gasteiger partial charge < -0.3 is 4.57 Å². The van der Waals surface area contributed by atoms with Crippen LogP contribution in [0.5, 0.6) is 0 Å². The number of imidazole rings is 1. The van der Waals surface area contributed by atoms with Crippen LogP contribution in [0.1, 0.15) is 24.2 Å². The first-order valence-electron chi connectivity index (χ1n) is 5.22. The monoisotopic (exact) mass is 296 g/mol. The average Bonchev–Trinajstić information content (AvgIpc) is 2.61. The minimum atomic E-state index is -4.20. The number of aromatic nitrogens is 2. The van der Waals surface area contributed by atoms with Gasteiger partial charge in [0.2, 0.25) is 0 Å². The molecule has 6 heteroatoms. The topological polar surface area (TPSA) is 17.8 Å². The second-order valence-corrected chi connectivity index (χ2v) is 5.11. The summed E-state index contributed by atoms with van der Waals surface area (Å²) in [7, 11) is 0. The zero-order valence-corrected chi connectivity index (χ0v) is 10.2. The highest BCUT2D eigenvalue weighted by atomic mass is 79.9. The molecule has 0 aliphatic heterocycles. The van der Waals surface area contributed by atoms with Gasteiger partial charge in [-0.1, -0.05) is 15.9 Å². The molecule has 1 aromatic heterocycles. The Hall–Kier alpha value is -0.520. The van der Waals surface area contributed by atoms with Gasteiger partial charge in [0.05, 0.1) is 12.0 Å². The van der Waals surface area contributed by atoms with Crippen LogP contribution in [-0.2, 0) is 19.4 Å². The normalized spacial score (nSPS) is 18.2. The summed E-state index contributed by atoms with van der Waals surface area (Å²) in [5.74, 6) is 0. The SMILES string of the molecule is FC(F)(F)C(Br)Cn1cnc2c1CCCC2. The lowest BCUT2D eigenvalue weighted by Crippen LogP contribution is -2.28. The second kappa shape index (κ2) is 4.39. The molecule has 0 saturated carbocycles. The first kappa shape index (κ1) is 12.0. The van der Waals surface area contributed by atoms with Gasteiger partial charge in [0.15, 0.2) is 0 Å². The van der Waals surface area contributed by atoms with Gasteiger partial charge in [-0.3, -0.25) is 0 Å². The summed E-state index contributed by atoms with van der Waals surface area (Å²) in [5.41, 5.74) is 1.94. The number of rotatable bonds is 2. The fourth-order valence-corrected chi connectivity index (χ4v) is 2.28. The zero-order valence-electron chi connectivity index (χ0n) is 8.60. The van der Waals surface area contributed by atoms with E-state index in [4.69, 9.17) is 0 Å². The Labute approximate surface area is 100.0 Å². The van der Waals surface area contributed by atoms with Gasteiger partial charge in [-0.25, -0.2) is 4.98 Å². The number of hydrogen-bond acceptors (Lipinski definition) is 1. The van der Waals surface area contributed by atoms with Crippen molar-refractivity contribution in [3.63, 3.8) is 0 Å². The van der Waals surface area contributed by atoms with Crippen molar-refractivity contribution in [1.82, 2.24) is 9.55 Å². The van der Waals surface area contributed by atoms with Crippen LogP contribution in [0.2, 0.25) is 0 Å². The summed E-state index contributed by atoms with van der Waals surface area (Å²) >= 11 is 2.67. The fraction of sp³-hybridized carbons (Fsp3) is 0.700. The van der Waals surface area contributed by atoms with Crippen LogP contribution in [0.4, 0.5) is 13.2 Å². The van der Waals surface area contributed by atoms with Gasteiger partial charge in [0, 0.05) is 12.2 Å². The number of aryl methyl sites for hydroxylation is 1. The quantitative estimate of drug-likeness (QED) is 0.767. The molecule has 0 N–H and O–H groups in total. The molecule has 0 aromatic carbocycles. The molecule has 0 bridgehead atoms. The number of nitrogens with zero attached hydrogens (tertiary/aromatic N) is 2. The molecule has 0 fully saturated rings. The Morgan fingerprint density at radius 1 is 1.38 bits per heavy atom. The molecule has 2 rings (SSSR count). The van der Waals surface area contributed by atoms with Crippen molar-refractivity contribution in [2.24, 2.45) is 0 Å². The minimum absolute atomic E-state index is 0.0914. The number of hydrogen-bond donors (Lipinski definition) is 0. The van der Waals surface area contributed by atoms with E-state index in [0.29, 0.717) is 0 Å². The number of fused-ring (bicyclic) bond motifs is 1. The van der Waals surface area contributed by atoms with E-state index in [-0.39, 0.29) is 6.54 Å². The molecule has 0 spiro atoms. The highest BCUT2D eigenvalue weighted by Gasteiger charge is 2.38. The summed E-state index contributed by atoms with van der Waals surface area (Å²) in [5, 5.41) is 0. The highest BCUT2D eigenvalue weighted by Crippen LogP contribution is 2.29. The largest absolute Gasteiger partial charge is 0.402 e. The lowest BCUT2D eigenvalue weighted by molar-refractivity contribution is -0.129. The minimum Gasteiger partial charge on any atom is -0.333 e. The van der Waals surface area contributed by atoms with Gasteiger partial charge in [-0.2, -0.15) is 13.2 Å². The first-order valence-corrected chi connectivity index (χ1v) is 6.13. The van der Waals surface area contributed by atoms with E-state index in [1.165, 1.54) is 6.33 Å².